The van der Waals surface area contributed by atoms with Gasteiger partial charge in [-0.2, -0.15) is 0 Å². The first kappa shape index (κ1) is 17.0. The number of aromatic carboxylic acids is 1. The van der Waals surface area contributed by atoms with Gasteiger partial charge in [0, 0.05) is 5.69 Å². The molecule has 0 fully saturated rings. The molecule has 5 nitrogen and oxygen atoms in total. The lowest BCUT2D eigenvalue weighted by Crippen LogP contribution is -2.14. The first-order chi connectivity index (χ1) is 10.7. The van der Waals surface area contributed by atoms with Gasteiger partial charge >= 0.3 is 5.97 Å². The molecule has 122 valence electrons. The lowest BCUT2D eigenvalue weighted by atomic mass is 10.0. The minimum Gasteiger partial charge on any atom is -0.478 e. The van der Waals surface area contributed by atoms with Crippen LogP contribution in [-0.4, -0.2) is 19.5 Å². The first-order valence-corrected chi connectivity index (χ1v) is 8.34. The Bertz CT molecular complexity index is 847. The third-order valence-corrected chi connectivity index (χ3v) is 4.66. The molecule has 0 saturated carbocycles. The number of nitrogens with one attached hydrogen (secondary N) is 1. The van der Waals surface area contributed by atoms with Gasteiger partial charge in [0.15, 0.2) is 0 Å². The molecule has 0 bridgehead atoms. The van der Waals surface area contributed by atoms with Crippen LogP contribution in [0.2, 0.25) is 0 Å². The Kier molecular flexibility index (Phi) is 4.70. The molecule has 0 radical (unpaired) electrons. The van der Waals surface area contributed by atoms with Crippen LogP contribution in [0.1, 0.15) is 35.7 Å². The standard InChI is InChI=1S/C16H16FNO4S/c1-10(2)11-4-3-5-12(8-11)18-23(21,22)13-6-7-15(17)14(9-13)16(19)20/h3-10,18H,1-2H3,(H,19,20). The average molecular weight is 337 g/mol. The highest BCUT2D eigenvalue weighted by molar-refractivity contribution is 7.92. The lowest BCUT2D eigenvalue weighted by Gasteiger charge is -2.11. The van der Waals surface area contributed by atoms with E-state index < -0.39 is 27.4 Å². The first-order valence-electron chi connectivity index (χ1n) is 6.86. The number of anilines is 1. The van der Waals surface area contributed by atoms with Crippen LogP contribution in [0.25, 0.3) is 0 Å². The third kappa shape index (κ3) is 3.87. The number of carboxylic acids is 1. The zero-order chi connectivity index (χ0) is 17.2. The van der Waals surface area contributed by atoms with Crippen molar-refractivity contribution in [3.63, 3.8) is 0 Å². The SMILES string of the molecule is CC(C)c1cccc(NS(=O)(=O)c2ccc(F)c(C(=O)O)c2)c1. The maximum atomic E-state index is 13.4. The quantitative estimate of drug-likeness (QED) is 0.875. The normalized spacial score (nSPS) is 11.5. The van der Waals surface area contributed by atoms with Gasteiger partial charge in [0.1, 0.15) is 5.82 Å². The van der Waals surface area contributed by atoms with Crippen molar-refractivity contribution in [1.29, 1.82) is 0 Å². The topological polar surface area (TPSA) is 83.5 Å². The second-order valence-corrected chi connectivity index (χ2v) is 7.01. The fourth-order valence-corrected chi connectivity index (χ4v) is 3.09. The van der Waals surface area contributed by atoms with E-state index >= 15 is 0 Å². The highest BCUT2D eigenvalue weighted by Crippen LogP contribution is 2.22. The summed E-state index contributed by atoms with van der Waals surface area (Å²) < 4.78 is 40.4. The summed E-state index contributed by atoms with van der Waals surface area (Å²) in [5, 5.41) is 8.89. The summed E-state index contributed by atoms with van der Waals surface area (Å²) in [7, 11) is -4.01. The number of carboxylic acid groups (broad SMARTS) is 1. The molecule has 2 rings (SSSR count). The summed E-state index contributed by atoms with van der Waals surface area (Å²) in [5.74, 6) is -2.29. The molecule has 0 amide bonds. The highest BCUT2D eigenvalue weighted by atomic mass is 32.2. The van der Waals surface area contributed by atoms with Crippen molar-refractivity contribution in [2.24, 2.45) is 0 Å². The smallest absolute Gasteiger partial charge is 0.338 e. The van der Waals surface area contributed by atoms with Crippen LogP contribution in [0.4, 0.5) is 10.1 Å². The van der Waals surface area contributed by atoms with Crippen molar-refractivity contribution in [2.45, 2.75) is 24.7 Å². The molecule has 2 aromatic rings. The number of halogens is 1. The largest absolute Gasteiger partial charge is 0.478 e. The molecule has 0 saturated heterocycles. The van der Waals surface area contributed by atoms with Gasteiger partial charge in [-0.1, -0.05) is 26.0 Å². The van der Waals surface area contributed by atoms with Gasteiger partial charge in [0.05, 0.1) is 10.5 Å². The zero-order valence-corrected chi connectivity index (χ0v) is 13.4. The maximum Gasteiger partial charge on any atom is 0.338 e. The van der Waals surface area contributed by atoms with Gasteiger partial charge in [-0.05, 0) is 41.8 Å². The minimum atomic E-state index is -4.01. The van der Waals surface area contributed by atoms with E-state index in [2.05, 4.69) is 4.72 Å². The van der Waals surface area contributed by atoms with E-state index in [1.807, 2.05) is 19.9 Å². The molecule has 0 aromatic heterocycles. The van der Waals surface area contributed by atoms with E-state index in [9.17, 15) is 17.6 Å². The Morgan fingerprint density at radius 3 is 2.48 bits per heavy atom. The maximum absolute atomic E-state index is 13.4. The number of carbonyl (C=O) groups is 1. The van der Waals surface area contributed by atoms with E-state index in [0.717, 1.165) is 23.8 Å². The summed E-state index contributed by atoms with van der Waals surface area (Å²) in [6.07, 6.45) is 0. The van der Waals surface area contributed by atoms with Gasteiger partial charge in [-0.3, -0.25) is 4.72 Å². The van der Waals surface area contributed by atoms with Crippen LogP contribution in [-0.2, 0) is 10.0 Å². The molecule has 2 aromatic carbocycles. The predicted octanol–water partition coefficient (Wildman–Crippen LogP) is 3.45. The summed E-state index contributed by atoms with van der Waals surface area (Å²) in [5.41, 5.74) is 0.622. The van der Waals surface area contributed by atoms with Crippen LogP contribution < -0.4 is 4.72 Å². The molecular formula is C16H16FNO4S. The van der Waals surface area contributed by atoms with Gasteiger partial charge < -0.3 is 5.11 Å². The third-order valence-electron chi connectivity index (χ3n) is 3.28. The lowest BCUT2D eigenvalue weighted by molar-refractivity contribution is 0.0691. The van der Waals surface area contributed by atoms with Gasteiger partial charge in [-0.15, -0.1) is 0 Å². The summed E-state index contributed by atoms with van der Waals surface area (Å²) in [4.78, 5) is 10.6. The minimum absolute atomic E-state index is 0.226. The Balaban J connectivity index is 2.38. The molecule has 0 aliphatic carbocycles. The van der Waals surface area contributed by atoms with Gasteiger partial charge in [-0.25, -0.2) is 17.6 Å². The Morgan fingerprint density at radius 1 is 1.17 bits per heavy atom. The summed E-state index contributed by atoms with van der Waals surface area (Å²) in [6, 6.07) is 9.53. The van der Waals surface area contributed by atoms with E-state index in [0.29, 0.717) is 5.69 Å². The summed E-state index contributed by atoms with van der Waals surface area (Å²) >= 11 is 0. The highest BCUT2D eigenvalue weighted by Gasteiger charge is 2.19. The Morgan fingerprint density at radius 2 is 1.87 bits per heavy atom. The van der Waals surface area contributed by atoms with Crippen LogP contribution >= 0.6 is 0 Å². The van der Waals surface area contributed by atoms with E-state index in [1.165, 1.54) is 0 Å². The van der Waals surface area contributed by atoms with Crippen molar-refractivity contribution in [2.75, 3.05) is 4.72 Å². The number of sulfonamides is 1. The molecule has 0 heterocycles. The number of rotatable bonds is 5. The van der Waals surface area contributed by atoms with Crippen molar-refractivity contribution >= 4 is 21.7 Å². The molecule has 0 unspecified atom stereocenters. The van der Waals surface area contributed by atoms with Crippen LogP contribution in [0, 0.1) is 5.82 Å². The number of hydrogen-bond acceptors (Lipinski definition) is 3. The van der Waals surface area contributed by atoms with E-state index in [4.69, 9.17) is 5.11 Å². The summed E-state index contributed by atoms with van der Waals surface area (Å²) in [6.45, 7) is 3.96. The van der Waals surface area contributed by atoms with Gasteiger partial charge in [0.2, 0.25) is 0 Å². The predicted molar refractivity (Wildman–Crippen MR) is 84.7 cm³/mol. The van der Waals surface area contributed by atoms with Gasteiger partial charge in [0.25, 0.3) is 10.0 Å². The molecule has 0 atom stereocenters. The van der Waals surface area contributed by atoms with Crippen LogP contribution in [0.3, 0.4) is 0 Å². The van der Waals surface area contributed by atoms with Crippen LogP contribution in [0.5, 0.6) is 0 Å². The molecule has 0 aliphatic rings. The molecule has 0 aliphatic heterocycles. The molecule has 2 N–H and O–H groups in total. The van der Waals surface area contributed by atoms with E-state index in [-0.39, 0.29) is 10.8 Å². The fraction of sp³-hybridized carbons (Fsp3) is 0.188. The number of hydrogen-bond donors (Lipinski definition) is 2. The molecule has 23 heavy (non-hydrogen) atoms. The van der Waals surface area contributed by atoms with E-state index in [1.54, 1.807) is 18.2 Å². The number of benzene rings is 2. The average Bonchev–Trinajstić information content (AvgIpc) is 2.46. The zero-order valence-electron chi connectivity index (χ0n) is 12.6. The molecule has 0 spiro atoms. The van der Waals surface area contributed by atoms with Crippen molar-refractivity contribution in [3.8, 4) is 0 Å². The second kappa shape index (κ2) is 6.37. The molecule has 7 heteroatoms. The van der Waals surface area contributed by atoms with Crippen molar-refractivity contribution in [1.82, 2.24) is 0 Å². The monoisotopic (exact) mass is 337 g/mol. The van der Waals surface area contributed by atoms with Crippen LogP contribution in [0.15, 0.2) is 47.4 Å². The van der Waals surface area contributed by atoms with Crippen molar-refractivity contribution in [3.05, 3.63) is 59.4 Å². The second-order valence-electron chi connectivity index (χ2n) is 5.33. The van der Waals surface area contributed by atoms with Crippen molar-refractivity contribution < 1.29 is 22.7 Å². The Hall–Kier alpha value is -2.41. The fourth-order valence-electron chi connectivity index (χ4n) is 2.01. The molecular weight excluding hydrogens is 321 g/mol. The Labute approximate surface area is 133 Å².